The molecular formula is C29H29N3O2. The van der Waals surface area contributed by atoms with E-state index >= 15 is 0 Å². The Balaban J connectivity index is 1.60. The summed E-state index contributed by atoms with van der Waals surface area (Å²) in [6.07, 6.45) is 0. The summed E-state index contributed by atoms with van der Waals surface area (Å²) in [5, 5.41) is 7.64. The van der Waals surface area contributed by atoms with Gasteiger partial charge < -0.3 is 9.64 Å². The maximum absolute atomic E-state index is 13.6. The molecule has 1 aliphatic heterocycles. The van der Waals surface area contributed by atoms with Crippen LogP contribution in [0.25, 0.3) is 11.3 Å². The molecule has 0 bridgehead atoms. The third-order valence-corrected chi connectivity index (χ3v) is 6.62. The van der Waals surface area contributed by atoms with Gasteiger partial charge in [0.2, 0.25) is 0 Å². The molecule has 1 atom stereocenters. The van der Waals surface area contributed by atoms with E-state index in [1.807, 2.05) is 29.2 Å². The minimum absolute atomic E-state index is 0.0328. The third kappa shape index (κ3) is 3.87. The highest BCUT2D eigenvalue weighted by molar-refractivity contribution is 6.00. The van der Waals surface area contributed by atoms with Crippen molar-refractivity contribution in [3.63, 3.8) is 0 Å². The topological polar surface area (TPSA) is 58.2 Å². The van der Waals surface area contributed by atoms with E-state index in [2.05, 4.69) is 79.5 Å². The van der Waals surface area contributed by atoms with Crippen LogP contribution in [0.3, 0.4) is 0 Å². The van der Waals surface area contributed by atoms with Gasteiger partial charge in [-0.05, 0) is 41.7 Å². The van der Waals surface area contributed by atoms with Crippen LogP contribution >= 0.6 is 0 Å². The van der Waals surface area contributed by atoms with Gasteiger partial charge in [0.25, 0.3) is 5.91 Å². The zero-order valence-corrected chi connectivity index (χ0v) is 20.0. The number of ether oxygens (including phenoxy) is 1. The summed E-state index contributed by atoms with van der Waals surface area (Å²) in [6.45, 7) is 6.94. The number of benzene rings is 3. The summed E-state index contributed by atoms with van der Waals surface area (Å²) in [6, 6.07) is 24.6. The van der Waals surface area contributed by atoms with Crippen molar-refractivity contribution in [1.82, 2.24) is 15.1 Å². The van der Waals surface area contributed by atoms with Gasteiger partial charge in [0.1, 0.15) is 11.4 Å². The summed E-state index contributed by atoms with van der Waals surface area (Å²) in [4.78, 5) is 15.5. The predicted octanol–water partition coefficient (Wildman–Crippen LogP) is 6.26. The maximum atomic E-state index is 13.6. The number of nitrogens with zero attached hydrogens (tertiary/aromatic N) is 2. The van der Waals surface area contributed by atoms with Gasteiger partial charge in [-0.2, -0.15) is 5.10 Å². The van der Waals surface area contributed by atoms with E-state index in [0.717, 1.165) is 33.7 Å². The molecule has 34 heavy (non-hydrogen) atoms. The minimum Gasteiger partial charge on any atom is -0.497 e. The molecule has 0 saturated carbocycles. The predicted molar refractivity (Wildman–Crippen MR) is 134 cm³/mol. The standard InChI is InChI=1S/C29H29N3O2/c1-18(2)21-11-13-23(14-12-21)28-25-26(22-9-5-19(3)6-10-22)30-31-27(25)29(33)32(28)17-20-7-15-24(34-4)16-8-20/h5-16,18,28H,17H2,1-4H3,(H,30,31). The van der Waals surface area contributed by atoms with Crippen LogP contribution in [0.2, 0.25) is 0 Å². The Labute approximate surface area is 200 Å². The number of nitrogens with one attached hydrogen (secondary N) is 1. The second kappa shape index (κ2) is 8.82. The smallest absolute Gasteiger partial charge is 0.273 e. The van der Waals surface area contributed by atoms with Gasteiger partial charge in [0.05, 0.1) is 18.8 Å². The number of methoxy groups -OCH3 is 1. The fraction of sp³-hybridized carbons (Fsp3) is 0.241. The number of fused-ring (bicyclic) bond motifs is 1. The molecule has 1 amide bonds. The lowest BCUT2D eigenvalue weighted by molar-refractivity contribution is 0.0730. The molecule has 5 heteroatoms. The van der Waals surface area contributed by atoms with E-state index in [1.54, 1.807) is 7.11 Å². The first-order valence-electron chi connectivity index (χ1n) is 11.7. The monoisotopic (exact) mass is 451 g/mol. The minimum atomic E-state index is -0.221. The highest BCUT2D eigenvalue weighted by Gasteiger charge is 2.42. The third-order valence-electron chi connectivity index (χ3n) is 6.62. The van der Waals surface area contributed by atoms with Crippen molar-refractivity contribution < 1.29 is 9.53 Å². The first kappa shape index (κ1) is 22.0. The molecule has 3 aromatic carbocycles. The molecule has 0 saturated heterocycles. The number of aryl methyl sites for hydroxylation is 1. The molecule has 0 spiro atoms. The van der Waals surface area contributed by atoms with Crippen molar-refractivity contribution in [2.24, 2.45) is 0 Å². The van der Waals surface area contributed by atoms with Gasteiger partial charge in [-0.1, -0.05) is 80.1 Å². The second-order valence-electron chi connectivity index (χ2n) is 9.23. The lowest BCUT2D eigenvalue weighted by Crippen LogP contribution is -2.29. The molecule has 0 fully saturated rings. The van der Waals surface area contributed by atoms with Crippen molar-refractivity contribution in [1.29, 1.82) is 0 Å². The van der Waals surface area contributed by atoms with Crippen molar-refractivity contribution in [3.05, 3.63) is 106 Å². The molecule has 172 valence electrons. The summed E-state index contributed by atoms with van der Waals surface area (Å²) in [5.41, 5.74) is 7.95. The number of hydrogen-bond donors (Lipinski definition) is 1. The lowest BCUT2D eigenvalue weighted by Gasteiger charge is -2.27. The SMILES string of the molecule is COc1ccc(CN2C(=O)c3[nH]nc(-c4ccc(C)cc4)c3C2c2ccc(C(C)C)cc2)cc1. The normalized spacial score (nSPS) is 15.1. The number of carbonyl (C=O) groups is 1. The van der Waals surface area contributed by atoms with E-state index in [4.69, 9.17) is 4.74 Å². The molecule has 4 aromatic rings. The number of aromatic nitrogens is 2. The van der Waals surface area contributed by atoms with Crippen LogP contribution in [0.15, 0.2) is 72.8 Å². The maximum Gasteiger partial charge on any atom is 0.273 e. The molecule has 1 aliphatic rings. The Morgan fingerprint density at radius 1 is 0.971 bits per heavy atom. The Morgan fingerprint density at radius 3 is 2.26 bits per heavy atom. The van der Waals surface area contributed by atoms with Gasteiger partial charge in [-0.3, -0.25) is 9.89 Å². The Hall–Kier alpha value is -3.86. The highest BCUT2D eigenvalue weighted by atomic mass is 16.5. The van der Waals surface area contributed by atoms with E-state index in [0.29, 0.717) is 18.2 Å². The highest BCUT2D eigenvalue weighted by Crippen LogP contribution is 2.43. The van der Waals surface area contributed by atoms with E-state index in [-0.39, 0.29) is 11.9 Å². The van der Waals surface area contributed by atoms with Crippen LogP contribution in [-0.2, 0) is 6.54 Å². The van der Waals surface area contributed by atoms with Crippen LogP contribution in [0, 0.1) is 6.92 Å². The Morgan fingerprint density at radius 2 is 1.65 bits per heavy atom. The van der Waals surface area contributed by atoms with Crippen LogP contribution in [0.5, 0.6) is 5.75 Å². The number of carbonyl (C=O) groups excluding carboxylic acids is 1. The number of hydrogen-bond acceptors (Lipinski definition) is 3. The molecule has 1 aromatic heterocycles. The molecule has 5 nitrogen and oxygen atoms in total. The van der Waals surface area contributed by atoms with E-state index in [9.17, 15) is 4.79 Å². The van der Waals surface area contributed by atoms with Crippen LogP contribution in [0.1, 0.15) is 64.1 Å². The van der Waals surface area contributed by atoms with Gasteiger partial charge >= 0.3 is 0 Å². The van der Waals surface area contributed by atoms with Crippen molar-refractivity contribution in [2.75, 3.05) is 7.11 Å². The lowest BCUT2D eigenvalue weighted by atomic mass is 9.93. The summed E-state index contributed by atoms with van der Waals surface area (Å²) < 4.78 is 5.30. The summed E-state index contributed by atoms with van der Waals surface area (Å²) in [7, 11) is 1.65. The quantitative estimate of drug-likeness (QED) is 0.376. The van der Waals surface area contributed by atoms with Gasteiger partial charge in [-0.15, -0.1) is 0 Å². The molecule has 0 aliphatic carbocycles. The fourth-order valence-corrected chi connectivity index (χ4v) is 4.63. The summed E-state index contributed by atoms with van der Waals surface area (Å²) in [5.74, 6) is 1.21. The van der Waals surface area contributed by atoms with Crippen molar-refractivity contribution >= 4 is 5.91 Å². The Kier molecular flexibility index (Phi) is 5.70. The second-order valence-corrected chi connectivity index (χ2v) is 9.23. The zero-order chi connectivity index (χ0) is 23.8. The van der Waals surface area contributed by atoms with Crippen molar-refractivity contribution in [3.8, 4) is 17.0 Å². The largest absolute Gasteiger partial charge is 0.497 e. The van der Waals surface area contributed by atoms with Gasteiger partial charge in [-0.25, -0.2) is 0 Å². The van der Waals surface area contributed by atoms with Crippen molar-refractivity contribution in [2.45, 2.75) is 39.3 Å². The molecule has 0 radical (unpaired) electrons. The average Bonchev–Trinajstić information content (AvgIpc) is 3.39. The molecular weight excluding hydrogens is 422 g/mol. The number of aromatic amines is 1. The molecule has 1 unspecified atom stereocenters. The van der Waals surface area contributed by atoms with E-state index < -0.39 is 0 Å². The molecule has 1 N–H and O–H groups in total. The summed E-state index contributed by atoms with van der Waals surface area (Å²) >= 11 is 0. The zero-order valence-electron chi connectivity index (χ0n) is 20.0. The number of amides is 1. The van der Waals surface area contributed by atoms with Gasteiger partial charge in [0.15, 0.2) is 0 Å². The van der Waals surface area contributed by atoms with E-state index in [1.165, 1.54) is 11.1 Å². The fourth-order valence-electron chi connectivity index (χ4n) is 4.63. The van der Waals surface area contributed by atoms with Crippen LogP contribution in [0.4, 0.5) is 0 Å². The molecule has 2 heterocycles. The number of rotatable bonds is 6. The van der Waals surface area contributed by atoms with Gasteiger partial charge in [0, 0.05) is 17.7 Å². The first-order valence-corrected chi connectivity index (χ1v) is 11.7. The number of H-pyrrole nitrogens is 1. The van der Waals surface area contributed by atoms with Crippen LogP contribution in [-0.4, -0.2) is 28.1 Å². The Bertz CT molecular complexity index is 1300. The molecule has 5 rings (SSSR count). The van der Waals surface area contributed by atoms with Crippen LogP contribution < -0.4 is 4.74 Å². The first-order chi connectivity index (χ1) is 16.5. The average molecular weight is 452 g/mol.